The van der Waals surface area contributed by atoms with E-state index in [1.54, 1.807) is 28.9 Å². The third-order valence-corrected chi connectivity index (χ3v) is 4.44. The van der Waals surface area contributed by atoms with Crippen molar-refractivity contribution in [2.75, 3.05) is 5.32 Å². The summed E-state index contributed by atoms with van der Waals surface area (Å²) in [6.45, 7) is 0.534. The van der Waals surface area contributed by atoms with Crippen molar-refractivity contribution in [3.63, 3.8) is 0 Å². The summed E-state index contributed by atoms with van der Waals surface area (Å²) in [5.41, 5.74) is 2.41. The van der Waals surface area contributed by atoms with Crippen LogP contribution in [0.4, 0.5) is 13.9 Å². The molecule has 0 aliphatic heterocycles. The standard InChI is InChI=1S/C17H12F2N4S/c18-13-6-4-11(5-7-13)9-20-16-22-23-15(10-21-17(23)24-16)12-2-1-3-14(19)8-12/h1-8,10H,9H2,(H,20,22). The van der Waals surface area contributed by atoms with Gasteiger partial charge < -0.3 is 5.32 Å². The SMILES string of the molecule is Fc1ccc(CNc2nn3c(-c4cccc(F)c4)cnc3s2)cc1. The summed E-state index contributed by atoms with van der Waals surface area (Å²) in [6.07, 6.45) is 1.68. The average Bonchev–Trinajstić information content (AvgIpc) is 3.14. The molecule has 0 spiro atoms. The maximum Gasteiger partial charge on any atom is 0.214 e. The summed E-state index contributed by atoms with van der Waals surface area (Å²) in [4.78, 5) is 5.04. The van der Waals surface area contributed by atoms with E-state index in [0.717, 1.165) is 21.8 Å². The number of fused-ring (bicyclic) bond motifs is 1. The molecule has 0 bridgehead atoms. The van der Waals surface area contributed by atoms with Crippen LogP contribution in [0.25, 0.3) is 16.2 Å². The summed E-state index contributed by atoms with van der Waals surface area (Å²) in [5, 5.41) is 8.37. The van der Waals surface area contributed by atoms with Crippen LogP contribution in [0, 0.1) is 11.6 Å². The molecule has 0 unspecified atom stereocenters. The van der Waals surface area contributed by atoms with E-state index in [4.69, 9.17) is 0 Å². The lowest BCUT2D eigenvalue weighted by atomic mass is 10.2. The summed E-state index contributed by atoms with van der Waals surface area (Å²) in [7, 11) is 0. The van der Waals surface area contributed by atoms with E-state index in [1.807, 2.05) is 6.07 Å². The highest BCUT2D eigenvalue weighted by molar-refractivity contribution is 7.20. The zero-order valence-corrected chi connectivity index (χ0v) is 13.2. The van der Waals surface area contributed by atoms with Crippen molar-refractivity contribution in [2.45, 2.75) is 6.54 Å². The van der Waals surface area contributed by atoms with Gasteiger partial charge in [0.15, 0.2) is 0 Å². The number of imidazole rings is 1. The average molecular weight is 342 g/mol. The number of aromatic nitrogens is 3. The largest absolute Gasteiger partial charge is 0.356 e. The van der Waals surface area contributed by atoms with Gasteiger partial charge in [-0.15, -0.1) is 5.10 Å². The molecule has 1 N–H and O–H groups in total. The van der Waals surface area contributed by atoms with E-state index < -0.39 is 0 Å². The third kappa shape index (κ3) is 2.85. The van der Waals surface area contributed by atoms with Gasteiger partial charge in [0.1, 0.15) is 11.6 Å². The van der Waals surface area contributed by atoms with Gasteiger partial charge in [-0.2, -0.15) is 0 Å². The summed E-state index contributed by atoms with van der Waals surface area (Å²) in [5.74, 6) is -0.557. The minimum absolute atomic E-state index is 0.258. The van der Waals surface area contributed by atoms with Crippen LogP contribution in [-0.2, 0) is 6.54 Å². The molecule has 0 amide bonds. The number of benzene rings is 2. The second kappa shape index (κ2) is 6.01. The molecule has 120 valence electrons. The van der Waals surface area contributed by atoms with Crippen molar-refractivity contribution in [1.82, 2.24) is 14.6 Å². The lowest BCUT2D eigenvalue weighted by Crippen LogP contribution is -2.00. The lowest BCUT2D eigenvalue weighted by Gasteiger charge is -2.02. The molecule has 2 heterocycles. The van der Waals surface area contributed by atoms with E-state index >= 15 is 0 Å². The monoisotopic (exact) mass is 342 g/mol. The Kier molecular flexibility index (Phi) is 3.70. The van der Waals surface area contributed by atoms with Crippen LogP contribution in [0.5, 0.6) is 0 Å². The van der Waals surface area contributed by atoms with Crippen LogP contribution in [0.3, 0.4) is 0 Å². The Morgan fingerprint density at radius 1 is 1.04 bits per heavy atom. The third-order valence-electron chi connectivity index (χ3n) is 3.56. The van der Waals surface area contributed by atoms with Gasteiger partial charge in [-0.25, -0.2) is 18.3 Å². The van der Waals surface area contributed by atoms with Crippen LogP contribution in [-0.4, -0.2) is 14.6 Å². The molecule has 4 aromatic rings. The number of rotatable bonds is 4. The predicted octanol–water partition coefficient (Wildman–Crippen LogP) is 4.35. The molecule has 4 nitrogen and oxygen atoms in total. The summed E-state index contributed by atoms with van der Waals surface area (Å²) >= 11 is 1.40. The predicted molar refractivity (Wildman–Crippen MR) is 90.0 cm³/mol. The number of anilines is 1. The van der Waals surface area contributed by atoms with Crippen molar-refractivity contribution >= 4 is 21.4 Å². The fourth-order valence-electron chi connectivity index (χ4n) is 2.39. The fraction of sp³-hybridized carbons (Fsp3) is 0.0588. The van der Waals surface area contributed by atoms with E-state index in [-0.39, 0.29) is 11.6 Å². The lowest BCUT2D eigenvalue weighted by molar-refractivity contribution is 0.627. The van der Waals surface area contributed by atoms with Crippen LogP contribution in [0.15, 0.2) is 54.7 Å². The zero-order chi connectivity index (χ0) is 16.5. The first-order valence-electron chi connectivity index (χ1n) is 7.28. The number of hydrogen-bond donors (Lipinski definition) is 1. The Morgan fingerprint density at radius 3 is 2.67 bits per heavy atom. The molecule has 2 aromatic heterocycles. The van der Waals surface area contributed by atoms with Gasteiger partial charge in [0.25, 0.3) is 0 Å². The fourth-order valence-corrected chi connectivity index (χ4v) is 3.16. The highest BCUT2D eigenvalue weighted by atomic mass is 32.1. The van der Waals surface area contributed by atoms with Crippen LogP contribution in [0.2, 0.25) is 0 Å². The molecule has 0 aliphatic carbocycles. The minimum Gasteiger partial charge on any atom is -0.356 e. The Labute approximate surface area is 140 Å². The van der Waals surface area contributed by atoms with E-state index in [0.29, 0.717) is 11.7 Å². The van der Waals surface area contributed by atoms with Crippen molar-refractivity contribution in [3.8, 4) is 11.3 Å². The maximum absolute atomic E-state index is 13.4. The molecule has 0 saturated heterocycles. The zero-order valence-electron chi connectivity index (χ0n) is 12.4. The van der Waals surface area contributed by atoms with Crippen LogP contribution in [0.1, 0.15) is 5.56 Å². The molecule has 0 atom stereocenters. The first kappa shape index (κ1) is 14.8. The van der Waals surface area contributed by atoms with Crippen molar-refractivity contribution in [1.29, 1.82) is 0 Å². The normalized spacial score (nSPS) is 11.1. The van der Waals surface area contributed by atoms with Gasteiger partial charge in [0.05, 0.1) is 11.9 Å². The highest BCUT2D eigenvalue weighted by Crippen LogP contribution is 2.26. The quantitative estimate of drug-likeness (QED) is 0.600. The minimum atomic E-state index is -0.299. The molecular weight excluding hydrogens is 330 g/mol. The van der Waals surface area contributed by atoms with Crippen molar-refractivity contribution in [3.05, 3.63) is 71.9 Å². The first-order valence-corrected chi connectivity index (χ1v) is 8.09. The van der Waals surface area contributed by atoms with Gasteiger partial charge in [-0.1, -0.05) is 35.6 Å². The number of nitrogens with zero attached hydrogens (tertiary/aromatic N) is 3. The van der Waals surface area contributed by atoms with Gasteiger partial charge in [0.2, 0.25) is 10.1 Å². The van der Waals surface area contributed by atoms with Gasteiger partial charge in [0, 0.05) is 12.1 Å². The Morgan fingerprint density at radius 2 is 1.88 bits per heavy atom. The molecule has 0 fully saturated rings. The highest BCUT2D eigenvalue weighted by Gasteiger charge is 2.12. The molecular formula is C17H12F2N4S. The molecule has 2 aromatic carbocycles. The van der Waals surface area contributed by atoms with Gasteiger partial charge in [-0.3, -0.25) is 0 Å². The number of hydrogen-bond acceptors (Lipinski definition) is 4. The number of nitrogens with one attached hydrogen (secondary N) is 1. The Hall–Kier alpha value is -2.80. The molecule has 0 aliphatic rings. The topological polar surface area (TPSA) is 42.2 Å². The maximum atomic E-state index is 13.4. The smallest absolute Gasteiger partial charge is 0.214 e. The summed E-state index contributed by atoms with van der Waals surface area (Å²) < 4.78 is 28.0. The Balaban J connectivity index is 1.59. The van der Waals surface area contributed by atoms with Crippen molar-refractivity contribution in [2.24, 2.45) is 0 Å². The second-order valence-corrected chi connectivity index (χ2v) is 6.19. The number of halogens is 2. The molecule has 0 radical (unpaired) electrons. The first-order chi connectivity index (χ1) is 11.7. The van der Waals surface area contributed by atoms with Gasteiger partial charge >= 0.3 is 0 Å². The molecule has 4 rings (SSSR count). The van der Waals surface area contributed by atoms with E-state index in [1.165, 1.54) is 35.6 Å². The van der Waals surface area contributed by atoms with Crippen LogP contribution >= 0.6 is 11.3 Å². The van der Waals surface area contributed by atoms with E-state index in [2.05, 4.69) is 15.4 Å². The molecule has 7 heteroatoms. The Bertz CT molecular complexity index is 991. The molecule has 24 heavy (non-hydrogen) atoms. The van der Waals surface area contributed by atoms with Gasteiger partial charge in [-0.05, 0) is 29.8 Å². The summed E-state index contributed by atoms with van der Waals surface area (Å²) in [6, 6.07) is 12.6. The molecule has 0 saturated carbocycles. The van der Waals surface area contributed by atoms with E-state index in [9.17, 15) is 8.78 Å². The second-order valence-electron chi connectivity index (χ2n) is 5.24. The van der Waals surface area contributed by atoms with Crippen LogP contribution < -0.4 is 5.32 Å². The van der Waals surface area contributed by atoms with Crippen molar-refractivity contribution < 1.29 is 8.78 Å².